The highest BCUT2D eigenvalue weighted by atomic mass is 16.2. The summed E-state index contributed by atoms with van der Waals surface area (Å²) in [5.41, 5.74) is 4.13. The number of carbonyl (C=O) groups excluding carboxylic acids is 1. The molecule has 0 saturated carbocycles. The molecular weight excluding hydrogens is 246 g/mol. The van der Waals surface area contributed by atoms with E-state index in [9.17, 15) is 4.79 Å². The molecule has 2 nitrogen and oxygen atoms in total. The van der Waals surface area contributed by atoms with E-state index in [0.29, 0.717) is 0 Å². The molecule has 1 amide bonds. The molecular formula is C18H19NO. The molecule has 0 aromatic heterocycles. The fourth-order valence-corrected chi connectivity index (χ4v) is 3.15. The number of hydrogen-bond acceptors (Lipinski definition) is 1. The van der Waals surface area contributed by atoms with Gasteiger partial charge in [0.15, 0.2) is 0 Å². The Morgan fingerprint density at radius 3 is 2.50 bits per heavy atom. The maximum atomic E-state index is 12.7. The third kappa shape index (κ3) is 1.83. The minimum absolute atomic E-state index is 0.182. The average molecular weight is 265 g/mol. The van der Waals surface area contributed by atoms with Crippen LogP contribution in [-0.4, -0.2) is 13.0 Å². The van der Waals surface area contributed by atoms with Crippen molar-refractivity contribution in [3.63, 3.8) is 0 Å². The van der Waals surface area contributed by atoms with Gasteiger partial charge in [0.05, 0.1) is 5.41 Å². The van der Waals surface area contributed by atoms with Crippen molar-refractivity contribution >= 4 is 11.6 Å². The standard InChI is InChI=1S/C18H19NO/c1-13-9-10-16-15(11-13)18(2,17(20)19(16)3)12-14-7-5-4-6-8-14/h4-11H,12H2,1-3H3/t18-/m1/s1. The Morgan fingerprint density at radius 1 is 1.10 bits per heavy atom. The molecule has 0 bridgehead atoms. The van der Waals surface area contributed by atoms with Gasteiger partial charge in [-0.05, 0) is 37.5 Å². The van der Waals surface area contributed by atoms with Gasteiger partial charge in [-0.15, -0.1) is 0 Å². The van der Waals surface area contributed by atoms with Gasteiger partial charge in [0, 0.05) is 12.7 Å². The second-order valence-corrected chi connectivity index (χ2v) is 5.88. The summed E-state index contributed by atoms with van der Waals surface area (Å²) in [5.74, 6) is 0.182. The summed E-state index contributed by atoms with van der Waals surface area (Å²) in [6.45, 7) is 4.14. The Morgan fingerprint density at radius 2 is 1.80 bits per heavy atom. The number of hydrogen-bond donors (Lipinski definition) is 0. The molecule has 3 rings (SSSR count). The summed E-state index contributed by atoms with van der Waals surface area (Å²) in [5, 5.41) is 0. The molecule has 0 radical (unpaired) electrons. The van der Waals surface area contributed by atoms with Crippen molar-refractivity contribution in [2.24, 2.45) is 0 Å². The Balaban J connectivity index is 2.09. The second kappa shape index (κ2) is 4.48. The lowest BCUT2D eigenvalue weighted by molar-refractivity contribution is -0.122. The first kappa shape index (κ1) is 12.9. The van der Waals surface area contributed by atoms with Gasteiger partial charge in [-0.3, -0.25) is 4.79 Å². The van der Waals surface area contributed by atoms with Crippen LogP contribution in [0.25, 0.3) is 0 Å². The van der Waals surface area contributed by atoms with Crippen LogP contribution in [0.1, 0.15) is 23.6 Å². The quantitative estimate of drug-likeness (QED) is 0.814. The SMILES string of the molecule is Cc1ccc2c(c1)[C@@](C)(Cc1ccccc1)C(=O)N2C. The van der Waals surface area contributed by atoms with Crippen molar-refractivity contribution in [3.8, 4) is 0 Å². The van der Waals surface area contributed by atoms with Crippen molar-refractivity contribution in [2.45, 2.75) is 25.7 Å². The molecule has 2 aromatic rings. The monoisotopic (exact) mass is 265 g/mol. The topological polar surface area (TPSA) is 20.3 Å². The van der Waals surface area contributed by atoms with Crippen LogP contribution >= 0.6 is 0 Å². The van der Waals surface area contributed by atoms with Crippen LogP contribution in [0.3, 0.4) is 0 Å². The molecule has 1 aliphatic rings. The van der Waals surface area contributed by atoms with Crippen molar-refractivity contribution in [3.05, 3.63) is 65.2 Å². The first-order valence-corrected chi connectivity index (χ1v) is 6.95. The van der Waals surface area contributed by atoms with Crippen molar-refractivity contribution in [1.82, 2.24) is 0 Å². The number of likely N-dealkylation sites (N-methyl/N-ethyl adjacent to an activating group) is 1. The van der Waals surface area contributed by atoms with Gasteiger partial charge in [-0.25, -0.2) is 0 Å². The highest BCUT2D eigenvalue weighted by Gasteiger charge is 2.45. The Bertz CT molecular complexity index is 662. The number of rotatable bonds is 2. The molecule has 0 saturated heterocycles. The van der Waals surface area contributed by atoms with Gasteiger partial charge in [-0.1, -0.05) is 48.0 Å². The van der Waals surface area contributed by atoms with Crippen LogP contribution in [0, 0.1) is 6.92 Å². The summed E-state index contributed by atoms with van der Waals surface area (Å²) in [6, 6.07) is 16.5. The van der Waals surface area contributed by atoms with E-state index in [1.807, 2.05) is 25.2 Å². The minimum Gasteiger partial charge on any atom is -0.314 e. The van der Waals surface area contributed by atoms with E-state index in [4.69, 9.17) is 0 Å². The predicted octanol–water partition coefficient (Wildman–Crippen LogP) is 3.47. The fraction of sp³-hybridized carbons (Fsp3) is 0.278. The summed E-state index contributed by atoms with van der Waals surface area (Å²) in [7, 11) is 1.87. The lowest BCUT2D eigenvalue weighted by atomic mass is 9.78. The van der Waals surface area contributed by atoms with Gasteiger partial charge >= 0.3 is 0 Å². The predicted molar refractivity (Wildman–Crippen MR) is 82.1 cm³/mol. The minimum atomic E-state index is -0.461. The summed E-state index contributed by atoms with van der Waals surface area (Å²) in [6.07, 6.45) is 0.744. The van der Waals surface area contributed by atoms with Gasteiger partial charge in [0.2, 0.25) is 5.91 Å². The van der Waals surface area contributed by atoms with E-state index in [1.54, 1.807) is 4.90 Å². The Labute approximate surface area is 120 Å². The molecule has 1 heterocycles. The van der Waals surface area contributed by atoms with E-state index in [0.717, 1.165) is 17.7 Å². The number of benzene rings is 2. The van der Waals surface area contributed by atoms with Gasteiger partial charge in [-0.2, -0.15) is 0 Å². The molecule has 2 heteroatoms. The van der Waals surface area contributed by atoms with Crippen LogP contribution in [-0.2, 0) is 16.6 Å². The normalized spacial score (nSPS) is 21.1. The zero-order valence-corrected chi connectivity index (χ0v) is 12.2. The highest BCUT2D eigenvalue weighted by molar-refractivity contribution is 6.07. The molecule has 102 valence electrons. The van der Waals surface area contributed by atoms with E-state index in [-0.39, 0.29) is 5.91 Å². The van der Waals surface area contributed by atoms with E-state index in [2.05, 4.69) is 44.2 Å². The van der Waals surface area contributed by atoms with Crippen molar-refractivity contribution in [2.75, 3.05) is 11.9 Å². The van der Waals surface area contributed by atoms with E-state index in [1.165, 1.54) is 11.1 Å². The first-order chi connectivity index (χ1) is 9.52. The van der Waals surface area contributed by atoms with Crippen molar-refractivity contribution < 1.29 is 4.79 Å². The third-order valence-electron chi connectivity index (χ3n) is 4.29. The van der Waals surface area contributed by atoms with Gasteiger partial charge in [0.25, 0.3) is 0 Å². The Hall–Kier alpha value is -2.09. The largest absolute Gasteiger partial charge is 0.314 e. The average Bonchev–Trinajstić information content (AvgIpc) is 2.62. The van der Waals surface area contributed by atoms with Crippen LogP contribution in [0.4, 0.5) is 5.69 Å². The molecule has 0 spiro atoms. The zero-order chi connectivity index (χ0) is 14.3. The van der Waals surface area contributed by atoms with E-state index < -0.39 is 5.41 Å². The third-order valence-corrected chi connectivity index (χ3v) is 4.29. The maximum Gasteiger partial charge on any atom is 0.237 e. The van der Waals surface area contributed by atoms with Crippen LogP contribution in [0.2, 0.25) is 0 Å². The molecule has 20 heavy (non-hydrogen) atoms. The van der Waals surface area contributed by atoms with Crippen LogP contribution < -0.4 is 4.90 Å². The fourth-order valence-electron chi connectivity index (χ4n) is 3.15. The lowest BCUT2D eigenvalue weighted by Crippen LogP contribution is -2.37. The molecule has 0 unspecified atom stereocenters. The molecule has 1 aliphatic heterocycles. The molecule has 0 fully saturated rings. The summed E-state index contributed by atoms with van der Waals surface area (Å²) >= 11 is 0. The molecule has 0 N–H and O–H groups in total. The Kier molecular flexibility index (Phi) is 2.89. The molecule has 1 atom stereocenters. The number of aryl methyl sites for hydroxylation is 1. The molecule has 0 aliphatic carbocycles. The summed E-state index contributed by atoms with van der Waals surface area (Å²) in [4.78, 5) is 14.5. The number of nitrogens with zero attached hydrogens (tertiary/aromatic N) is 1. The molecule has 2 aromatic carbocycles. The smallest absolute Gasteiger partial charge is 0.237 e. The number of fused-ring (bicyclic) bond motifs is 1. The highest BCUT2D eigenvalue weighted by Crippen LogP contribution is 2.43. The first-order valence-electron chi connectivity index (χ1n) is 6.95. The van der Waals surface area contributed by atoms with Crippen LogP contribution in [0.5, 0.6) is 0 Å². The van der Waals surface area contributed by atoms with Gasteiger partial charge in [0.1, 0.15) is 0 Å². The number of amides is 1. The lowest BCUT2D eigenvalue weighted by Gasteiger charge is -2.23. The van der Waals surface area contributed by atoms with Gasteiger partial charge < -0.3 is 4.90 Å². The van der Waals surface area contributed by atoms with Crippen LogP contribution in [0.15, 0.2) is 48.5 Å². The summed E-state index contributed by atoms with van der Waals surface area (Å²) < 4.78 is 0. The second-order valence-electron chi connectivity index (χ2n) is 5.88. The number of anilines is 1. The zero-order valence-electron chi connectivity index (χ0n) is 12.2. The van der Waals surface area contributed by atoms with Crippen molar-refractivity contribution in [1.29, 1.82) is 0 Å². The maximum absolute atomic E-state index is 12.7. The van der Waals surface area contributed by atoms with E-state index >= 15 is 0 Å². The number of carbonyl (C=O) groups is 1.